The Morgan fingerprint density at radius 3 is 2.70 bits per heavy atom. The highest BCUT2D eigenvalue weighted by Gasteiger charge is 2.18. The van der Waals surface area contributed by atoms with E-state index in [0.717, 1.165) is 30.5 Å². The second-order valence-corrected chi connectivity index (χ2v) is 7.92. The molecule has 1 aliphatic rings. The normalized spacial score (nSPS) is 14.8. The van der Waals surface area contributed by atoms with Crippen molar-refractivity contribution in [2.75, 3.05) is 31.2 Å². The first kappa shape index (κ1) is 19.6. The standard InChI is InChI=1S/C17H19ClN4O4S/c18-15-10-13(27(19,24)25)3-4-14(15)17(23)21-11-12-2-1-5-20-16(12)22-6-8-26-9-7-22/h1-5,10H,6-9,11H2,(H,21,23)(H2,19,24,25). The summed E-state index contributed by atoms with van der Waals surface area (Å²) in [5, 5.41) is 7.87. The van der Waals surface area contributed by atoms with Gasteiger partial charge in [-0.05, 0) is 24.3 Å². The van der Waals surface area contributed by atoms with Crippen LogP contribution in [0.25, 0.3) is 0 Å². The van der Waals surface area contributed by atoms with Gasteiger partial charge in [-0.25, -0.2) is 18.5 Å². The number of carbonyl (C=O) groups excluding carboxylic acids is 1. The van der Waals surface area contributed by atoms with Gasteiger partial charge in [0.2, 0.25) is 10.0 Å². The first-order valence-electron chi connectivity index (χ1n) is 8.23. The monoisotopic (exact) mass is 410 g/mol. The number of benzene rings is 1. The molecule has 0 radical (unpaired) electrons. The molecule has 1 saturated heterocycles. The number of hydrogen-bond donors (Lipinski definition) is 2. The van der Waals surface area contributed by atoms with E-state index in [2.05, 4.69) is 15.2 Å². The lowest BCUT2D eigenvalue weighted by molar-refractivity contribution is 0.0950. The van der Waals surface area contributed by atoms with Crippen molar-refractivity contribution in [2.45, 2.75) is 11.4 Å². The molecule has 2 heterocycles. The van der Waals surface area contributed by atoms with Gasteiger partial charge in [-0.3, -0.25) is 4.79 Å². The van der Waals surface area contributed by atoms with E-state index in [9.17, 15) is 13.2 Å². The lowest BCUT2D eigenvalue weighted by Gasteiger charge is -2.29. The van der Waals surface area contributed by atoms with E-state index in [1.54, 1.807) is 12.3 Å². The number of rotatable bonds is 5. The van der Waals surface area contributed by atoms with E-state index in [4.69, 9.17) is 21.5 Å². The summed E-state index contributed by atoms with van der Waals surface area (Å²) in [4.78, 5) is 18.8. The fraction of sp³-hybridized carbons (Fsp3) is 0.294. The summed E-state index contributed by atoms with van der Waals surface area (Å²) in [5.41, 5.74) is 1.03. The van der Waals surface area contributed by atoms with Crippen LogP contribution in [-0.4, -0.2) is 45.6 Å². The van der Waals surface area contributed by atoms with E-state index in [1.165, 1.54) is 12.1 Å². The highest BCUT2D eigenvalue weighted by atomic mass is 35.5. The number of primary sulfonamides is 1. The van der Waals surface area contributed by atoms with Crippen LogP contribution in [0.2, 0.25) is 5.02 Å². The number of nitrogens with zero attached hydrogens (tertiary/aromatic N) is 2. The SMILES string of the molecule is NS(=O)(=O)c1ccc(C(=O)NCc2cccnc2N2CCOCC2)c(Cl)c1. The number of halogens is 1. The molecule has 0 unspecified atom stereocenters. The third-order valence-corrected chi connectivity index (χ3v) is 5.35. The molecule has 0 bridgehead atoms. The maximum Gasteiger partial charge on any atom is 0.253 e. The molecule has 27 heavy (non-hydrogen) atoms. The minimum absolute atomic E-state index is 0.0126. The largest absolute Gasteiger partial charge is 0.378 e. The van der Waals surface area contributed by atoms with E-state index >= 15 is 0 Å². The molecule has 1 fully saturated rings. The zero-order valence-corrected chi connectivity index (χ0v) is 16.0. The van der Waals surface area contributed by atoms with Crippen LogP contribution in [0.15, 0.2) is 41.4 Å². The number of sulfonamides is 1. The molecule has 1 aromatic carbocycles. The molecule has 0 spiro atoms. The van der Waals surface area contributed by atoms with Crippen LogP contribution in [0, 0.1) is 0 Å². The van der Waals surface area contributed by atoms with E-state index in [-0.39, 0.29) is 22.0 Å². The van der Waals surface area contributed by atoms with Gasteiger partial charge >= 0.3 is 0 Å². The third kappa shape index (κ3) is 4.75. The van der Waals surface area contributed by atoms with Crippen LogP contribution in [0.3, 0.4) is 0 Å². The van der Waals surface area contributed by atoms with Gasteiger partial charge in [-0.2, -0.15) is 0 Å². The molecule has 2 aromatic rings. The van der Waals surface area contributed by atoms with E-state index in [0.29, 0.717) is 13.2 Å². The Labute approximate surface area is 162 Å². The van der Waals surface area contributed by atoms with Gasteiger partial charge in [-0.1, -0.05) is 17.7 Å². The van der Waals surface area contributed by atoms with E-state index in [1.807, 2.05) is 6.07 Å². The Morgan fingerprint density at radius 1 is 1.30 bits per heavy atom. The van der Waals surface area contributed by atoms with Gasteiger partial charge in [0.25, 0.3) is 5.91 Å². The summed E-state index contributed by atoms with van der Waals surface area (Å²) in [6.45, 7) is 2.99. The highest BCUT2D eigenvalue weighted by molar-refractivity contribution is 7.89. The number of ether oxygens (including phenoxy) is 1. The summed E-state index contributed by atoms with van der Waals surface area (Å²) >= 11 is 6.05. The number of anilines is 1. The summed E-state index contributed by atoms with van der Waals surface area (Å²) < 4.78 is 28.1. The number of nitrogens with two attached hydrogens (primary N) is 1. The van der Waals surface area contributed by atoms with Crippen molar-refractivity contribution >= 4 is 33.3 Å². The predicted molar refractivity (Wildman–Crippen MR) is 101 cm³/mol. The number of morpholine rings is 1. The zero-order valence-electron chi connectivity index (χ0n) is 14.4. The summed E-state index contributed by atoms with van der Waals surface area (Å²) in [5.74, 6) is 0.384. The molecule has 3 rings (SSSR count). The van der Waals surface area contributed by atoms with Gasteiger partial charge in [0, 0.05) is 31.4 Å². The minimum atomic E-state index is -3.88. The van der Waals surface area contributed by atoms with Crippen molar-refractivity contribution in [3.05, 3.63) is 52.7 Å². The number of amides is 1. The Hall–Kier alpha value is -2.20. The van der Waals surface area contributed by atoms with Gasteiger partial charge in [-0.15, -0.1) is 0 Å². The quantitative estimate of drug-likeness (QED) is 0.764. The van der Waals surface area contributed by atoms with Crippen molar-refractivity contribution in [3.8, 4) is 0 Å². The smallest absolute Gasteiger partial charge is 0.253 e. The van der Waals surface area contributed by atoms with Crippen LogP contribution >= 0.6 is 11.6 Å². The number of nitrogens with one attached hydrogen (secondary N) is 1. The second-order valence-electron chi connectivity index (χ2n) is 5.95. The molecule has 0 saturated carbocycles. The van der Waals surface area contributed by atoms with Crippen LogP contribution in [-0.2, 0) is 21.3 Å². The molecule has 0 atom stereocenters. The summed E-state index contributed by atoms with van der Waals surface area (Å²) in [6, 6.07) is 7.45. The molecule has 3 N–H and O–H groups in total. The van der Waals surface area contributed by atoms with Gasteiger partial charge < -0.3 is 15.0 Å². The molecule has 1 aliphatic heterocycles. The molecular formula is C17H19ClN4O4S. The number of aromatic nitrogens is 1. The van der Waals surface area contributed by atoms with Crippen LogP contribution in [0.5, 0.6) is 0 Å². The predicted octanol–water partition coefficient (Wildman–Crippen LogP) is 1.15. The minimum Gasteiger partial charge on any atom is -0.378 e. The molecule has 10 heteroatoms. The van der Waals surface area contributed by atoms with Crippen LogP contribution in [0.1, 0.15) is 15.9 Å². The maximum atomic E-state index is 12.5. The summed E-state index contributed by atoms with van der Waals surface area (Å²) in [6.07, 6.45) is 1.71. The number of carbonyl (C=O) groups is 1. The molecule has 1 amide bonds. The lowest BCUT2D eigenvalue weighted by Crippen LogP contribution is -2.37. The zero-order chi connectivity index (χ0) is 19.4. The third-order valence-electron chi connectivity index (χ3n) is 4.13. The second kappa shape index (κ2) is 8.22. The Balaban J connectivity index is 1.73. The number of pyridine rings is 1. The van der Waals surface area contributed by atoms with Gasteiger partial charge in [0.05, 0.1) is 28.7 Å². The van der Waals surface area contributed by atoms with Crippen molar-refractivity contribution < 1.29 is 17.9 Å². The van der Waals surface area contributed by atoms with Crippen molar-refractivity contribution in [3.63, 3.8) is 0 Å². The fourth-order valence-corrected chi connectivity index (χ4v) is 3.63. The first-order chi connectivity index (χ1) is 12.9. The van der Waals surface area contributed by atoms with Gasteiger partial charge in [0.15, 0.2) is 0 Å². The average Bonchev–Trinajstić information content (AvgIpc) is 2.66. The maximum absolute atomic E-state index is 12.5. The highest BCUT2D eigenvalue weighted by Crippen LogP contribution is 2.21. The van der Waals surface area contributed by atoms with Crippen molar-refractivity contribution in [1.29, 1.82) is 0 Å². The van der Waals surface area contributed by atoms with Crippen molar-refractivity contribution in [1.82, 2.24) is 10.3 Å². The first-order valence-corrected chi connectivity index (χ1v) is 10.2. The van der Waals surface area contributed by atoms with Crippen LogP contribution in [0.4, 0.5) is 5.82 Å². The lowest BCUT2D eigenvalue weighted by atomic mass is 10.2. The topological polar surface area (TPSA) is 115 Å². The average molecular weight is 411 g/mol. The fourth-order valence-electron chi connectivity index (χ4n) is 2.76. The molecule has 8 nitrogen and oxygen atoms in total. The molecule has 144 valence electrons. The molecular weight excluding hydrogens is 392 g/mol. The van der Waals surface area contributed by atoms with Crippen molar-refractivity contribution in [2.24, 2.45) is 5.14 Å². The summed E-state index contributed by atoms with van der Waals surface area (Å²) in [7, 11) is -3.88. The Bertz CT molecular complexity index is 946. The Kier molecular flexibility index (Phi) is 5.95. The Morgan fingerprint density at radius 2 is 2.04 bits per heavy atom. The molecule has 0 aliphatic carbocycles. The molecule has 1 aromatic heterocycles. The van der Waals surface area contributed by atoms with Crippen LogP contribution < -0.4 is 15.4 Å². The van der Waals surface area contributed by atoms with E-state index < -0.39 is 15.9 Å². The van der Waals surface area contributed by atoms with Gasteiger partial charge in [0.1, 0.15) is 5.82 Å². The number of hydrogen-bond acceptors (Lipinski definition) is 6.